The molecule has 134 valence electrons. The minimum absolute atomic E-state index is 0.0141. The predicted octanol–water partition coefficient (Wildman–Crippen LogP) is 2.65. The van der Waals surface area contributed by atoms with E-state index < -0.39 is 16.6 Å². The number of nitrogens with zero attached hydrogens (tertiary/aromatic N) is 3. The quantitative estimate of drug-likeness (QED) is 0.659. The molecule has 0 bridgehead atoms. The van der Waals surface area contributed by atoms with Crippen LogP contribution in [0.4, 0.5) is 21.9 Å². The molecular weight excluding hydrogens is 328 g/mol. The number of benzene rings is 1. The average Bonchev–Trinajstić information content (AvgIpc) is 2.53. The van der Waals surface area contributed by atoms with Crippen molar-refractivity contribution >= 4 is 23.2 Å². The predicted molar refractivity (Wildman–Crippen MR) is 90.7 cm³/mol. The zero-order chi connectivity index (χ0) is 18.6. The first-order valence-corrected chi connectivity index (χ1v) is 7.76. The SMILES string of the molecule is CC(C)(C)OC(=O)Nc1cc(N2CCOCC2)c(C#N)cc1[N+](=O)[O-]. The zero-order valence-corrected chi connectivity index (χ0v) is 14.4. The molecule has 1 aromatic carbocycles. The molecule has 1 N–H and O–H groups in total. The summed E-state index contributed by atoms with van der Waals surface area (Å²) in [4.78, 5) is 24.6. The van der Waals surface area contributed by atoms with Crippen LogP contribution in [0.2, 0.25) is 0 Å². The number of nitriles is 1. The molecule has 0 atom stereocenters. The van der Waals surface area contributed by atoms with Crippen molar-refractivity contribution in [2.75, 3.05) is 36.5 Å². The van der Waals surface area contributed by atoms with Crippen molar-refractivity contribution in [2.24, 2.45) is 0 Å². The van der Waals surface area contributed by atoms with E-state index in [1.807, 2.05) is 11.0 Å². The molecule has 0 spiro atoms. The van der Waals surface area contributed by atoms with Gasteiger partial charge in [0.05, 0.1) is 29.4 Å². The lowest BCUT2D eigenvalue weighted by Crippen LogP contribution is -2.36. The molecular formula is C16H20N4O5. The maximum Gasteiger partial charge on any atom is 0.412 e. The Morgan fingerprint density at radius 2 is 2.04 bits per heavy atom. The van der Waals surface area contributed by atoms with E-state index in [4.69, 9.17) is 9.47 Å². The maximum atomic E-state index is 12.0. The fraction of sp³-hybridized carbons (Fsp3) is 0.500. The van der Waals surface area contributed by atoms with Gasteiger partial charge in [-0.3, -0.25) is 15.4 Å². The van der Waals surface area contributed by atoms with Crippen molar-refractivity contribution in [3.05, 3.63) is 27.8 Å². The third-order valence-electron chi connectivity index (χ3n) is 3.42. The highest BCUT2D eigenvalue weighted by Crippen LogP contribution is 2.34. The number of carbonyl (C=O) groups excluding carboxylic acids is 1. The van der Waals surface area contributed by atoms with E-state index >= 15 is 0 Å². The third-order valence-corrected chi connectivity index (χ3v) is 3.42. The van der Waals surface area contributed by atoms with Gasteiger partial charge >= 0.3 is 6.09 Å². The molecule has 1 aromatic rings. The Labute approximate surface area is 145 Å². The van der Waals surface area contributed by atoms with Crippen LogP contribution < -0.4 is 10.2 Å². The van der Waals surface area contributed by atoms with E-state index in [2.05, 4.69) is 5.32 Å². The van der Waals surface area contributed by atoms with Gasteiger partial charge in [-0.2, -0.15) is 5.26 Å². The van der Waals surface area contributed by atoms with Crippen LogP contribution in [0.15, 0.2) is 12.1 Å². The van der Waals surface area contributed by atoms with Gasteiger partial charge in [0.25, 0.3) is 5.69 Å². The van der Waals surface area contributed by atoms with Gasteiger partial charge < -0.3 is 14.4 Å². The monoisotopic (exact) mass is 348 g/mol. The van der Waals surface area contributed by atoms with Crippen molar-refractivity contribution in [2.45, 2.75) is 26.4 Å². The average molecular weight is 348 g/mol. The molecule has 1 amide bonds. The summed E-state index contributed by atoms with van der Waals surface area (Å²) in [6, 6.07) is 4.58. The van der Waals surface area contributed by atoms with Gasteiger partial charge in [-0.15, -0.1) is 0 Å². The van der Waals surface area contributed by atoms with Gasteiger partial charge in [0, 0.05) is 19.2 Å². The van der Waals surface area contributed by atoms with E-state index in [0.717, 1.165) is 6.07 Å². The summed E-state index contributed by atoms with van der Waals surface area (Å²) in [6.07, 6.45) is -0.798. The number of nitro groups is 1. The van der Waals surface area contributed by atoms with Crippen molar-refractivity contribution in [3.8, 4) is 6.07 Å². The van der Waals surface area contributed by atoms with Gasteiger partial charge in [-0.05, 0) is 26.8 Å². The number of hydrogen-bond acceptors (Lipinski definition) is 7. The topological polar surface area (TPSA) is 118 Å². The molecule has 0 saturated carbocycles. The Hall–Kier alpha value is -2.86. The number of nitro benzene ring substituents is 1. The van der Waals surface area contributed by atoms with Crippen LogP contribution in [0, 0.1) is 21.4 Å². The Balaban J connectivity index is 2.40. The van der Waals surface area contributed by atoms with Crippen LogP contribution in [0.25, 0.3) is 0 Å². The number of amides is 1. The summed E-state index contributed by atoms with van der Waals surface area (Å²) in [5.41, 5.74) is -0.427. The van der Waals surface area contributed by atoms with Crippen molar-refractivity contribution in [1.82, 2.24) is 0 Å². The molecule has 0 aromatic heterocycles. The maximum absolute atomic E-state index is 12.0. The van der Waals surface area contributed by atoms with Crippen LogP contribution >= 0.6 is 0 Å². The highest BCUT2D eigenvalue weighted by atomic mass is 16.6. The first kappa shape index (κ1) is 18.5. The van der Waals surface area contributed by atoms with Crippen molar-refractivity contribution < 1.29 is 19.2 Å². The van der Waals surface area contributed by atoms with Crippen LogP contribution in [0.1, 0.15) is 26.3 Å². The Morgan fingerprint density at radius 1 is 1.40 bits per heavy atom. The minimum atomic E-state index is -0.798. The number of carbonyl (C=O) groups is 1. The van der Waals surface area contributed by atoms with E-state index in [0.29, 0.717) is 32.0 Å². The molecule has 0 aliphatic carbocycles. The number of rotatable bonds is 3. The molecule has 0 radical (unpaired) electrons. The van der Waals surface area contributed by atoms with E-state index in [1.165, 1.54) is 6.07 Å². The summed E-state index contributed by atoms with van der Waals surface area (Å²) < 4.78 is 10.4. The largest absolute Gasteiger partial charge is 0.444 e. The lowest BCUT2D eigenvalue weighted by atomic mass is 10.1. The fourth-order valence-corrected chi connectivity index (χ4v) is 2.40. The fourth-order valence-electron chi connectivity index (χ4n) is 2.40. The van der Waals surface area contributed by atoms with Crippen LogP contribution in [-0.2, 0) is 9.47 Å². The second kappa shape index (κ2) is 7.36. The second-order valence-corrected chi connectivity index (χ2v) is 6.48. The first-order valence-electron chi connectivity index (χ1n) is 7.76. The molecule has 25 heavy (non-hydrogen) atoms. The zero-order valence-electron chi connectivity index (χ0n) is 14.4. The summed E-state index contributed by atoms with van der Waals surface area (Å²) in [5, 5.41) is 23.1. The standard InChI is InChI=1S/C16H20N4O5/c1-16(2,3)25-15(21)18-12-9-13(19-4-6-24-7-5-19)11(10-17)8-14(12)20(22)23/h8-9H,4-7H2,1-3H3,(H,18,21). The highest BCUT2D eigenvalue weighted by molar-refractivity contribution is 5.90. The molecule has 1 aliphatic heterocycles. The van der Waals surface area contributed by atoms with Crippen LogP contribution in [0.3, 0.4) is 0 Å². The molecule has 2 rings (SSSR count). The lowest BCUT2D eigenvalue weighted by molar-refractivity contribution is -0.383. The molecule has 0 unspecified atom stereocenters. The summed E-state index contributed by atoms with van der Waals surface area (Å²) in [6.45, 7) is 7.18. The second-order valence-electron chi connectivity index (χ2n) is 6.48. The van der Waals surface area contributed by atoms with Gasteiger partial charge in [0.1, 0.15) is 17.4 Å². The molecule has 9 heteroatoms. The number of ether oxygens (including phenoxy) is 2. The third kappa shape index (κ3) is 4.81. The molecule has 1 saturated heterocycles. The summed E-state index contributed by atoms with van der Waals surface area (Å²) in [5.74, 6) is 0. The molecule has 1 heterocycles. The van der Waals surface area contributed by atoms with Gasteiger partial charge in [-0.1, -0.05) is 0 Å². The van der Waals surface area contributed by atoms with Crippen LogP contribution in [-0.4, -0.2) is 42.9 Å². The van der Waals surface area contributed by atoms with E-state index in [-0.39, 0.29) is 16.9 Å². The number of morpholine rings is 1. The van der Waals surface area contributed by atoms with Gasteiger partial charge in [0.2, 0.25) is 0 Å². The van der Waals surface area contributed by atoms with E-state index in [9.17, 15) is 20.2 Å². The van der Waals surface area contributed by atoms with Crippen LogP contribution in [0.5, 0.6) is 0 Å². The molecule has 1 fully saturated rings. The van der Waals surface area contributed by atoms with Crippen molar-refractivity contribution in [3.63, 3.8) is 0 Å². The van der Waals surface area contributed by atoms with Gasteiger partial charge in [-0.25, -0.2) is 4.79 Å². The normalized spacial score (nSPS) is 14.6. The smallest absolute Gasteiger partial charge is 0.412 e. The Kier molecular flexibility index (Phi) is 5.44. The highest BCUT2D eigenvalue weighted by Gasteiger charge is 2.25. The lowest BCUT2D eigenvalue weighted by Gasteiger charge is -2.29. The first-order chi connectivity index (χ1) is 11.7. The summed E-state index contributed by atoms with van der Waals surface area (Å²) in [7, 11) is 0. The minimum Gasteiger partial charge on any atom is -0.444 e. The molecule has 9 nitrogen and oxygen atoms in total. The summed E-state index contributed by atoms with van der Waals surface area (Å²) >= 11 is 0. The van der Waals surface area contributed by atoms with E-state index in [1.54, 1.807) is 20.8 Å². The Morgan fingerprint density at radius 3 is 2.56 bits per heavy atom. The number of hydrogen-bond donors (Lipinski definition) is 1. The number of nitrogens with one attached hydrogen (secondary N) is 1. The molecule has 1 aliphatic rings. The van der Waals surface area contributed by atoms with Gasteiger partial charge in [0.15, 0.2) is 0 Å². The van der Waals surface area contributed by atoms with Crippen molar-refractivity contribution in [1.29, 1.82) is 5.26 Å². The number of anilines is 2. The Bertz CT molecular complexity index is 714.